The van der Waals surface area contributed by atoms with Crippen molar-refractivity contribution in [3.8, 4) is 17.2 Å². The van der Waals surface area contributed by atoms with Gasteiger partial charge in [-0.2, -0.15) is 0 Å². The molecule has 1 fully saturated rings. The molecule has 9 nitrogen and oxygen atoms in total. The van der Waals surface area contributed by atoms with Gasteiger partial charge in [0, 0.05) is 38.3 Å². The van der Waals surface area contributed by atoms with Crippen molar-refractivity contribution in [1.29, 1.82) is 5.41 Å². The number of benzene rings is 1. The monoisotopic (exact) mass is 349 g/mol. The number of piperazine rings is 1. The molecule has 0 atom stereocenters. The summed E-state index contributed by atoms with van der Waals surface area (Å²) in [5.74, 6) is 1.97. The van der Waals surface area contributed by atoms with Gasteiger partial charge in [0.05, 0.1) is 21.3 Å². The minimum atomic E-state index is 0.0532. The standard InChI is InChI=1S/C16H23N5O4/c1-22-13-5-4-12(15(23-2)16(13)24-3)10-19-6-8-20(9-7-19)21-11-14(17)25-18-21/h4-5,11,17H,6-10H2,1-3H3. The zero-order valence-corrected chi connectivity index (χ0v) is 14.7. The highest BCUT2D eigenvalue weighted by Gasteiger charge is 2.21. The lowest BCUT2D eigenvalue weighted by Crippen LogP contribution is -2.66. The van der Waals surface area contributed by atoms with Crippen molar-refractivity contribution in [3.63, 3.8) is 0 Å². The zero-order valence-electron chi connectivity index (χ0n) is 14.7. The molecule has 2 heterocycles. The van der Waals surface area contributed by atoms with Crippen LogP contribution in [0.2, 0.25) is 0 Å². The van der Waals surface area contributed by atoms with Crippen molar-refractivity contribution in [1.82, 2.24) is 10.2 Å². The van der Waals surface area contributed by atoms with Gasteiger partial charge in [-0.25, -0.2) is 0 Å². The van der Waals surface area contributed by atoms with E-state index in [1.807, 2.05) is 17.1 Å². The van der Waals surface area contributed by atoms with Crippen molar-refractivity contribution in [2.45, 2.75) is 6.54 Å². The Morgan fingerprint density at radius 3 is 2.36 bits per heavy atom. The summed E-state index contributed by atoms with van der Waals surface area (Å²) in [5, 5.41) is 13.3. The van der Waals surface area contributed by atoms with Crippen LogP contribution in [0.1, 0.15) is 5.56 Å². The second-order valence-electron chi connectivity index (χ2n) is 5.71. The predicted molar refractivity (Wildman–Crippen MR) is 87.4 cm³/mol. The lowest BCUT2D eigenvalue weighted by atomic mass is 10.1. The molecule has 0 aliphatic carbocycles. The number of hydrogen-bond donors (Lipinski definition) is 1. The smallest absolute Gasteiger partial charge is 0.286 e. The first-order chi connectivity index (χ1) is 12.2. The first kappa shape index (κ1) is 17.2. The molecule has 1 aromatic carbocycles. The van der Waals surface area contributed by atoms with Gasteiger partial charge in [-0.1, -0.05) is 10.9 Å². The molecule has 0 bridgehead atoms. The van der Waals surface area contributed by atoms with E-state index in [9.17, 15) is 0 Å². The van der Waals surface area contributed by atoms with Crippen LogP contribution in [0.5, 0.6) is 17.2 Å². The summed E-state index contributed by atoms with van der Waals surface area (Å²) in [6, 6.07) is 3.90. The third kappa shape index (κ3) is 3.55. The van der Waals surface area contributed by atoms with Crippen molar-refractivity contribution in [2.75, 3.05) is 52.5 Å². The molecule has 0 amide bonds. The van der Waals surface area contributed by atoms with E-state index in [2.05, 4.69) is 10.2 Å². The summed E-state index contributed by atoms with van der Waals surface area (Å²) in [7, 11) is 4.86. The molecule has 1 N–H and O–H groups in total. The van der Waals surface area contributed by atoms with Crippen molar-refractivity contribution in [2.24, 2.45) is 0 Å². The number of hydrogen-bond acceptors (Lipinski definition) is 7. The lowest BCUT2D eigenvalue weighted by Gasteiger charge is -2.35. The van der Waals surface area contributed by atoms with Gasteiger partial charge in [-0.05, 0) is 11.3 Å². The maximum absolute atomic E-state index is 7.42. The number of nitrogens with one attached hydrogen (secondary N) is 1. The van der Waals surface area contributed by atoms with E-state index < -0.39 is 0 Å². The summed E-state index contributed by atoms with van der Waals surface area (Å²) in [6.45, 7) is 4.08. The topological polar surface area (TPSA) is 89.1 Å². The van der Waals surface area contributed by atoms with Gasteiger partial charge in [0.15, 0.2) is 11.5 Å². The van der Waals surface area contributed by atoms with Gasteiger partial charge >= 0.3 is 0 Å². The molecular weight excluding hydrogens is 326 g/mol. The van der Waals surface area contributed by atoms with E-state index in [1.54, 1.807) is 32.3 Å². The van der Waals surface area contributed by atoms with E-state index in [0.717, 1.165) is 38.3 Å². The fourth-order valence-corrected chi connectivity index (χ4v) is 3.00. The van der Waals surface area contributed by atoms with Crippen LogP contribution in [0.4, 0.5) is 0 Å². The van der Waals surface area contributed by atoms with Crippen LogP contribution >= 0.6 is 0 Å². The van der Waals surface area contributed by atoms with Crippen LogP contribution in [0.3, 0.4) is 0 Å². The summed E-state index contributed by atoms with van der Waals surface area (Å²) in [6.07, 6.45) is 1.56. The maximum atomic E-state index is 7.42. The van der Waals surface area contributed by atoms with Crippen LogP contribution in [0.15, 0.2) is 22.9 Å². The van der Waals surface area contributed by atoms with Gasteiger partial charge in [0.1, 0.15) is 0 Å². The molecule has 1 aromatic heterocycles. The summed E-state index contributed by atoms with van der Waals surface area (Å²) in [4.78, 5) is 3.93. The van der Waals surface area contributed by atoms with Crippen molar-refractivity contribution in [3.05, 3.63) is 29.4 Å². The Labute approximate surface area is 145 Å². The molecule has 1 saturated heterocycles. The number of methoxy groups -OCH3 is 3. The third-order valence-corrected chi connectivity index (χ3v) is 4.27. The van der Waals surface area contributed by atoms with Crippen LogP contribution < -0.4 is 34.8 Å². The Morgan fingerprint density at radius 1 is 1.08 bits per heavy atom. The highest BCUT2D eigenvalue weighted by atomic mass is 16.5. The molecule has 25 heavy (non-hydrogen) atoms. The number of nitrogens with zero attached hydrogens (tertiary/aromatic N) is 4. The predicted octanol–water partition coefficient (Wildman–Crippen LogP) is -0.517. The third-order valence-electron chi connectivity index (χ3n) is 4.27. The Bertz CT molecular complexity index is 764. The fraction of sp³-hybridized carbons (Fsp3) is 0.500. The quantitative estimate of drug-likeness (QED) is 0.702. The molecule has 1 aliphatic heterocycles. The SMILES string of the molecule is COc1ccc(CN2CCN([n+]3cc(=N)o[n-]3)CC2)c(OC)c1OC. The van der Waals surface area contributed by atoms with Gasteiger partial charge in [-0.15, -0.1) is 0 Å². The Kier molecular flexibility index (Phi) is 5.13. The van der Waals surface area contributed by atoms with E-state index in [1.165, 1.54) is 0 Å². The first-order valence-electron chi connectivity index (χ1n) is 8.02. The van der Waals surface area contributed by atoms with Crippen LogP contribution in [0, 0.1) is 5.41 Å². The highest BCUT2D eigenvalue weighted by Crippen LogP contribution is 2.40. The van der Waals surface area contributed by atoms with E-state index in [0.29, 0.717) is 17.2 Å². The van der Waals surface area contributed by atoms with Gasteiger partial charge in [-0.3, -0.25) is 15.3 Å². The molecule has 0 saturated carbocycles. The van der Waals surface area contributed by atoms with E-state index >= 15 is 0 Å². The molecule has 1 aliphatic rings. The van der Waals surface area contributed by atoms with Crippen LogP contribution in [-0.2, 0) is 6.54 Å². The van der Waals surface area contributed by atoms with Gasteiger partial charge in [0.25, 0.3) is 11.8 Å². The van der Waals surface area contributed by atoms with Crippen LogP contribution in [-0.4, -0.2) is 52.4 Å². The number of ether oxygens (including phenoxy) is 3. The molecule has 2 aromatic rings. The van der Waals surface area contributed by atoms with Gasteiger partial charge < -0.3 is 18.7 Å². The normalized spacial score (nSPS) is 15.2. The minimum Gasteiger partial charge on any atom is -0.493 e. The molecule has 0 spiro atoms. The average Bonchev–Trinajstić information content (AvgIpc) is 3.08. The van der Waals surface area contributed by atoms with E-state index in [4.69, 9.17) is 24.1 Å². The average molecular weight is 349 g/mol. The Morgan fingerprint density at radius 2 is 1.80 bits per heavy atom. The Hall–Kier alpha value is -2.68. The van der Waals surface area contributed by atoms with Crippen molar-refractivity contribution < 1.29 is 23.5 Å². The highest BCUT2D eigenvalue weighted by molar-refractivity contribution is 5.55. The number of aromatic nitrogens is 2. The largest absolute Gasteiger partial charge is 0.493 e. The molecule has 0 unspecified atom stereocenters. The first-order valence-corrected chi connectivity index (χ1v) is 8.02. The van der Waals surface area contributed by atoms with E-state index in [-0.39, 0.29) is 5.55 Å². The van der Waals surface area contributed by atoms with Gasteiger partial charge in [0.2, 0.25) is 5.75 Å². The summed E-state index contributed by atoms with van der Waals surface area (Å²) in [5.41, 5.74) is 1.11. The van der Waals surface area contributed by atoms with Crippen molar-refractivity contribution >= 4 is 0 Å². The zero-order chi connectivity index (χ0) is 17.8. The molecule has 3 rings (SSSR count). The molecular formula is C16H23N5O4. The summed E-state index contributed by atoms with van der Waals surface area (Å²) >= 11 is 0. The fourth-order valence-electron chi connectivity index (χ4n) is 3.00. The molecule has 0 radical (unpaired) electrons. The minimum absolute atomic E-state index is 0.0532. The second kappa shape index (κ2) is 7.47. The number of rotatable bonds is 6. The Balaban J connectivity index is 1.68. The molecule has 136 valence electrons. The maximum Gasteiger partial charge on any atom is 0.286 e. The summed E-state index contributed by atoms with van der Waals surface area (Å²) < 4.78 is 21.1. The van der Waals surface area contributed by atoms with Crippen LogP contribution in [0.25, 0.3) is 0 Å². The second-order valence-corrected chi connectivity index (χ2v) is 5.71. The molecule has 9 heteroatoms. The lowest BCUT2D eigenvalue weighted by molar-refractivity contribution is -0.764.